The molecule has 1 unspecified atom stereocenters. The molecule has 0 aliphatic carbocycles. The number of halogens is 2. The molecule has 2 heterocycles. The number of anilines is 1. The Bertz CT molecular complexity index is 843. The Balaban J connectivity index is 2.02. The van der Waals surface area contributed by atoms with E-state index in [2.05, 4.69) is 10.3 Å². The second kappa shape index (κ2) is 5.96. The molecule has 6 nitrogen and oxygen atoms in total. The number of methoxy groups -OCH3 is 1. The topological polar surface area (TPSA) is 71.5 Å². The molecule has 24 heavy (non-hydrogen) atoms. The van der Waals surface area contributed by atoms with Gasteiger partial charge in [0.1, 0.15) is 5.54 Å². The fourth-order valence-electron chi connectivity index (χ4n) is 2.53. The lowest BCUT2D eigenvalue weighted by Crippen LogP contribution is -2.40. The maximum absolute atomic E-state index is 12.9. The molecule has 0 bridgehead atoms. The van der Waals surface area contributed by atoms with Crippen molar-refractivity contribution < 1.29 is 14.3 Å². The van der Waals surface area contributed by atoms with E-state index < -0.39 is 17.5 Å². The Labute approximate surface area is 148 Å². The Morgan fingerprint density at radius 3 is 2.58 bits per heavy atom. The van der Waals surface area contributed by atoms with E-state index in [0.717, 1.165) is 4.90 Å². The smallest absolute Gasteiger partial charge is 0.329 e. The number of aromatic nitrogens is 1. The minimum Gasteiger partial charge on any atom is -0.481 e. The summed E-state index contributed by atoms with van der Waals surface area (Å²) in [7, 11) is 1.46. The van der Waals surface area contributed by atoms with Crippen LogP contribution < -0.4 is 15.0 Å². The molecule has 3 amide bonds. The van der Waals surface area contributed by atoms with Gasteiger partial charge >= 0.3 is 6.03 Å². The number of hydrogen-bond acceptors (Lipinski definition) is 4. The highest BCUT2D eigenvalue weighted by Crippen LogP contribution is 2.35. The molecule has 1 aromatic heterocycles. The number of carbonyl (C=O) groups excluding carboxylic acids is 2. The van der Waals surface area contributed by atoms with E-state index in [1.807, 2.05) is 0 Å². The third kappa shape index (κ3) is 2.57. The van der Waals surface area contributed by atoms with Crippen molar-refractivity contribution in [2.24, 2.45) is 0 Å². The van der Waals surface area contributed by atoms with Crippen LogP contribution in [0.4, 0.5) is 10.5 Å². The van der Waals surface area contributed by atoms with Crippen LogP contribution in [0, 0.1) is 0 Å². The van der Waals surface area contributed by atoms with Crippen LogP contribution >= 0.6 is 23.2 Å². The molecule has 1 aliphatic rings. The molecule has 124 valence electrons. The van der Waals surface area contributed by atoms with Crippen molar-refractivity contribution in [2.45, 2.75) is 12.5 Å². The highest BCUT2D eigenvalue weighted by molar-refractivity contribution is 6.42. The molecule has 1 aliphatic heterocycles. The number of ether oxygens (including phenoxy) is 1. The first kappa shape index (κ1) is 16.5. The van der Waals surface area contributed by atoms with Crippen LogP contribution in [0.25, 0.3) is 0 Å². The van der Waals surface area contributed by atoms with Crippen molar-refractivity contribution in [3.63, 3.8) is 0 Å². The van der Waals surface area contributed by atoms with Gasteiger partial charge in [0.15, 0.2) is 0 Å². The van der Waals surface area contributed by atoms with Crippen LogP contribution in [0.3, 0.4) is 0 Å². The van der Waals surface area contributed by atoms with Gasteiger partial charge in [-0.1, -0.05) is 29.3 Å². The SMILES string of the molecule is COc1cc(N2C(=O)NC(C)(c3ccc(Cl)c(Cl)c3)C2=O)ccn1. The molecule has 1 fully saturated rings. The summed E-state index contributed by atoms with van der Waals surface area (Å²) in [5, 5.41) is 3.38. The summed E-state index contributed by atoms with van der Waals surface area (Å²) in [6.45, 7) is 1.62. The molecule has 2 aromatic rings. The number of benzene rings is 1. The number of pyridine rings is 1. The molecule has 1 N–H and O–H groups in total. The molecular formula is C16H13Cl2N3O3. The number of carbonyl (C=O) groups is 2. The minimum absolute atomic E-state index is 0.302. The largest absolute Gasteiger partial charge is 0.481 e. The van der Waals surface area contributed by atoms with Gasteiger partial charge in [0.2, 0.25) is 5.88 Å². The van der Waals surface area contributed by atoms with Gasteiger partial charge in [-0.2, -0.15) is 0 Å². The first-order valence-corrected chi connectivity index (χ1v) is 7.74. The third-order valence-corrected chi connectivity index (χ3v) is 4.61. The van der Waals surface area contributed by atoms with Crippen LogP contribution in [0.2, 0.25) is 10.0 Å². The fourth-order valence-corrected chi connectivity index (χ4v) is 2.82. The summed E-state index contributed by atoms with van der Waals surface area (Å²) in [6.07, 6.45) is 1.46. The van der Waals surface area contributed by atoms with Crippen LogP contribution in [-0.2, 0) is 10.3 Å². The Kier molecular flexibility index (Phi) is 4.11. The van der Waals surface area contributed by atoms with Gasteiger partial charge in [0.25, 0.3) is 5.91 Å². The van der Waals surface area contributed by atoms with Crippen molar-refractivity contribution in [3.8, 4) is 5.88 Å². The van der Waals surface area contributed by atoms with Crippen LogP contribution in [0.1, 0.15) is 12.5 Å². The average molecular weight is 366 g/mol. The zero-order valence-corrected chi connectivity index (χ0v) is 14.4. The highest BCUT2D eigenvalue weighted by atomic mass is 35.5. The summed E-state index contributed by atoms with van der Waals surface area (Å²) in [5.74, 6) is -0.129. The lowest BCUT2D eigenvalue weighted by atomic mass is 9.92. The second-order valence-corrected chi connectivity index (χ2v) is 6.20. The Morgan fingerprint density at radius 2 is 1.92 bits per heavy atom. The number of hydrogen-bond donors (Lipinski definition) is 1. The summed E-state index contributed by atoms with van der Waals surface area (Å²) in [6, 6.07) is 7.34. The zero-order chi connectivity index (χ0) is 17.5. The van der Waals surface area contributed by atoms with Crippen molar-refractivity contribution in [1.82, 2.24) is 10.3 Å². The highest BCUT2D eigenvalue weighted by Gasteiger charge is 2.49. The van der Waals surface area contributed by atoms with Gasteiger partial charge in [0, 0.05) is 12.3 Å². The molecule has 0 spiro atoms. The van der Waals surface area contributed by atoms with E-state index in [0.29, 0.717) is 27.2 Å². The van der Waals surface area contributed by atoms with Crippen LogP contribution in [0.5, 0.6) is 5.88 Å². The normalized spacial score (nSPS) is 20.2. The lowest BCUT2D eigenvalue weighted by Gasteiger charge is -2.22. The third-order valence-electron chi connectivity index (χ3n) is 3.87. The second-order valence-electron chi connectivity index (χ2n) is 5.38. The van der Waals surface area contributed by atoms with Gasteiger partial charge in [0.05, 0.1) is 22.8 Å². The zero-order valence-electron chi connectivity index (χ0n) is 12.8. The molecule has 1 aromatic carbocycles. The van der Waals surface area contributed by atoms with E-state index >= 15 is 0 Å². The Morgan fingerprint density at radius 1 is 1.17 bits per heavy atom. The standard InChI is InChI=1S/C16H13Cl2N3O3/c1-16(9-3-4-11(17)12(18)7-9)14(22)21(15(23)20-16)10-5-6-19-13(8-10)24-2/h3-8H,1-2H3,(H,20,23). The lowest BCUT2D eigenvalue weighted by molar-refractivity contribution is -0.121. The molecule has 8 heteroatoms. The summed E-state index contributed by atoms with van der Waals surface area (Å²) in [4.78, 5) is 30.4. The van der Waals surface area contributed by atoms with E-state index in [4.69, 9.17) is 27.9 Å². The molecule has 0 saturated carbocycles. The first-order valence-electron chi connectivity index (χ1n) is 6.99. The van der Waals surface area contributed by atoms with Gasteiger partial charge in [-0.25, -0.2) is 14.7 Å². The Hall–Kier alpha value is -2.31. The predicted molar refractivity (Wildman–Crippen MR) is 90.6 cm³/mol. The summed E-state index contributed by atoms with van der Waals surface area (Å²) < 4.78 is 5.04. The molecule has 3 rings (SSSR count). The maximum Gasteiger partial charge on any atom is 0.329 e. The first-order chi connectivity index (χ1) is 11.4. The fraction of sp³-hybridized carbons (Fsp3) is 0.188. The number of nitrogens with zero attached hydrogens (tertiary/aromatic N) is 2. The number of urea groups is 1. The van der Waals surface area contributed by atoms with E-state index in [1.165, 1.54) is 19.4 Å². The number of amides is 3. The summed E-state index contributed by atoms with van der Waals surface area (Å²) >= 11 is 12.0. The number of nitrogens with one attached hydrogen (secondary N) is 1. The molecular weight excluding hydrogens is 353 g/mol. The maximum atomic E-state index is 12.9. The number of rotatable bonds is 3. The van der Waals surface area contributed by atoms with Crippen LogP contribution in [0.15, 0.2) is 36.5 Å². The molecule has 1 atom stereocenters. The van der Waals surface area contributed by atoms with Crippen LogP contribution in [-0.4, -0.2) is 24.0 Å². The molecule has 0 radical (unpaired) electrons. The van der Waals surface area contributed by atoms with Crippen molar-refractivity contribution in [3.05, 3.63) is 52.1 Å². The van der Waals surface area contributed by atoms with E-state index in [1.54, 1.807) is 31.2 Å². The van der Waals surface area contributed by atoms with Gasteiger partial charge in [-0.05, 0) is 30.7 Å². The summed E-state index contributed by atoms with van der Waals surface area (Å²) in [5.41, 5.74) is -0.339. The minimum atomic E-state index is -1.25. The average Bonchev–Trinajstić information content (AvgIpc) is 2.80. The van der Waals surface area contributed by atoms with Crippen molar-refractivity contribution in [2.75, 3.05) is 12.0 Å². The van der Waals surface area contributed by atoms with E-state index in [9.17, 15) is 9.59 Å². The quantitative estimate of drug-likeness (QED) is 0.846. The van der Waals surface area contributed by atoms with Gasteiger partial charge in [-0.3, -0.25) is 4.79 Å². The van der Waals surface area contributed by atoms with Crippen molar-refractivity contribution >= 4 is 40.8 Å². The monoisotopic (exact) mass is 365 g/mol. The van der Waals surface area contributed by atoms with E-state index in [-0.39, 0.29) is 0 Å². The number of imide groups is 1. The molecule has 1 saturated heterocycles. The van der Waals surface area contributed by atoms with Gasteiger partial charge in [-0.15, -0.1) is 0 Å². The predicted octanol–water partition coefficient (Wildman–Crippen LogP) is 3.37. The van der Waals surface area contributed by atoms with Gasteiger partial charge < -0.3 is 10.1 Å². The van der Waals surface area contributed by atoms with Crippen molar-refractivity contribution in [1.29, 1.82) is 0 Å².